The predicted molar refractivity (Wildman–Crippen MR) is 169 cm³/mol. The van der Waals surface area contributed by atoms with Gasteiger partial charge in [-0.2, -0.15) is 0 Å². The molecule has 2 saturated heterocycles. The third-order valence-electron chi connectivity index (χ3n) is 9.29. The quantitative estimate of drug-likeness (QED) is 0.222. The van der Waals surface area contributed by atoms with Gasteiger partial charge in [0.2, 0.25) is 5.91 Å². The van der Waals surface area contributed by atoms with Crippen molar-refractivity contribution in [3.05, 3.63) is 83.2 Å². The minimum absolute atomic E-state index is 0.00116. The second-order valence-electron chi connectivity index (χ2n) is 12.8. The van der Waals surface area contributed by atoms with Gasteiger partial charge in [-0.15, -0.1) is 0 Å². The predicted octanol–water partition coefficient (Wildman–Crippen LogP) is 7.20. The zero-order chi connectivity index (χ0) is 29.6. The highest BCUT2D eigenvalue weighted by Crippen LogP contribution is 2.42. The molecule has 42 heavy (non-hydrogen) atoms. The van der Waals surface area contributed by atoms with Crippen molar-refractivity contribution in [2.45, 2.75) is 83.7 Å². The first-order chi connectivity index (χ1) is 20.1. The van der Waals surface area contributed by atoms with Crippen molar-refractivity contribution in [1.82, 2.24) is 20.2 Å². The van der Waals surface area contributed by atoms with Gasteiger partial charge in [0, 0.05) is 53.5 Å². The molecule has 7 nitrogen and oxygen atoms in total. The van der Waals surface area contributed by atoms with Gasteiger partial charge in [-0.25, -0.2) is 4.79 Å². The van der Waals surface area contributed by atoms with Crippen molar-refractivity contribution in [3.8, 4) is 11.3 Å². The molecule has 3 amide bonds. The number of benzene rings is 2. The molecule has 1 atom stereocenters. The van der Waals surface area contributed by atoms with E-state index < -0.39 is 5.41 Å². The van der Waals surface area contributed by atoms with E-state index in [2.05, 4.69) is 96.5 Å². The van der Waals surface area contributed by atoms with Gasteiger partial charge in [-0.1, -0.05) is 30.2 Å². The number of nitrogens with one attached hydrogen (secondary N) is 3. The SMILES string of the molecule is Cc1cc(C)cc(-c2[nH]c3ccc(C(C)(C)C(=O)N4C5CCC4CC5)cc3c2C(C)CNC(=O)Nc2ccncc2)c1. The van der Waals surface area contributed by atoms with E-state index in [9.17, 15) is 9.59 Å². The number of fused-ring (bicyclic) bond motifs is 3. The molecule has 3 N–H and O–H groups in total. The summed E-state index contributed by atoms with van der Waals surface area (Å²) in [5.74, 6) is 0.238. The van der Waals surface area contributed by atoms with E-state index in [1.807, 2.05) is 0 Å². The van der Waals surface area contributed by atoms with Crippen LogP contribution in [0.15, 0.2) is 60.9 Å². The first-order valence-electron chi connectivity index (χ1n) is 15.1. The molecule has 1 unspecified atom stereocenters. The molecule has 2 aliphatic rings. The molecule has 0 saturated carbocycles. The van der Waals surface area contributed by atoms with Gasteiger partial charge < -0.3 is 20.5 Å². The Hall–Kier alpha value is -4.13. The van der Waals surface area contributed by atoms with Crippen molar-refractivity contribution in [2.75, 3.05) is 11.9 Å². The lowest BCUT2D eigenvalue weighted by atomic mass is 9.81. The van der Waals surface area contributed by atoms with Crippen molar-refractivity contribution in [2.24, 2.45) is 0 Å². The minimum atomic E-state index is -0.639. The number of nitrogens with zero attached hydrogens (tertiary/aromatic N) is 2. The molecular weight excluding hydrogens is 522 g/mol. The van der Waals surface area contributed by atoms with E-state index in [1.165, 1.54) is 11.1 Å². The van der Waals surface area contributed by atoms with Gasteiger partial charge in [0.1, 0.15) is 0 Å². The summed E-state index contributed by atoms with van der Waals surface area (Å²) in [6.45, 7) is 11.0. The molecule has 2 fully saturated rings. The number of H-pyrrole nitrogens is 1. The topological polar surface area (TPSA) is 90.1 Å². The summed E-state index contributed by atoms with van der Waals surface area (Å²) in [5, 5.41) is 7.03. The Balaban J connectivity index is 1.36. The molecule has 218 valence electrons. The van der Waals surface area contributed by atoms with E-state index in [0.29, 0.717) is 24.3 Å². The maximum atomic E-state index is 14.0. The van der Waals surface area contributed by atoms with Crippen molar-refractivity contribution >= 4 is 28.5 Å². The van der Waals surface area contributed by atoms with Gasteiger partial charge in [0.25, 0.3) is 0 Å². The van der Waals surface area contributed by atoms with Crippen LogP contribution >= 0.6 is 0 Å². The van der Waals surface area contributed by atoms with Gasteiger partial charge >= 0.3 is 6.03 Å². The van der Waals surface area contributed by atoms with Crippen LogP contribution < -0.4 is 10.6 Å². The molecule has 0 aliphatic carbocycles. The number of hydrogen-bond donors (Lipinski definition) is 3. The molecule has 6 rings (SSSR count). The molecule has 4 aromatic rings. The summed E-state index contributed by atoms with van der Waals surface area (Å²) < 4.78 is 0. The van der Waals surface area contributed by atoms with E-state index >= 15 is 0 Å². The lowest BCUT2D eigenvalue weighted by Gasteiger charge is -2.33. The van der Waals surface area contributed by atoms with E-state index in [1.54, 1.807) is 24.5 Å². The maximum Gasteiger partial charge on any atom is 0.319 e. The molecule has 0 radical (unpaired) electrons. The Labute approximate surface area is 248 Å². The molecular formula is C35H41N5O2. The third kappa shape index (κ3) is 5.17. The Kier molecular flexibility index (Phi) is 7.29. The van der Waals surface area contributed by atoms with Crippen LogP contribution in [0.4, 0.5) is 10.5 Å². The summed E-state index contributed by atoms with van der Waals surface area (Å²) in [6, 6.07) is 17.1. The monoisotopic (exact) mass is 563 g/mol. The molecule has 2 bridgehead atoms. The number of pyridine rings is 1. The van der Waals surface area contributed by atoms with Gasteiger partial charge in [-0.05, 0) is 106 Å². The van der Waals surface area contributed by atoms with Crippen LogP contribution in [0, 0.1) is 13.8 Å². The van der Waals surface area contributed by atoms with Crippen LogP contribution in [-0.4, -0.2) is 45.4 Å². The number of urea groups is 1. The smallest absolute Gasteiger partial charge is 0.319 e. The van der Waals surface area contributed by atoms with Crippen LogP contribution in [-0.2, 0) is 10.2 Å². The van der Waals surface area contributed by atoms with Crippen LogP contribution in [0.1, 0.15) is 74.6 Å². The van der Waals surface area contributed by atoms with Crippen molar-refractivity contribution < 1.29 is 9.59 Å². The number of carbonyl (C=O) groups is 2. The highest BCUT2D eigenvalue weighted by Gasteiger charge is 2.47. The van der Waals surface area contributed by atoms with Crippen molar-refractivity contribution in [3.63, 3.8) is 0 Å². The van der Waals surface area contributed by atoms with E-state index in [4.69, 9.17) is 0 Å². The first kappa shape index (κ1) is 28.0. The summed E-state index contributed by atoms with van der Waals surface area (Å²) in [7, 11) is 0. The first-order valence-corrected chi connectivity index (χ1v) is 15.1. The second-order valence-corrected chi connectivity index (χ2v) is 12.8. The van der Waals surface area contributed by atoms with Crippen LogP contribution in [0.2, 0.25) is 0 Å². The normalized spacial score (nSPS) is 18.8. The van der Waals surface area contributed by atoms with Crippen LogP contribution in [0.25, 0.3) is 22.2 Å². The summed E-state index contributed by atoms with van der Waals surface area (Å²) in [6.07, 6.45) is 7.83. The molecule has 2 aromatic carbocycles. The average Bonchev–Trinajstić information content (AvgIpc) is 3.68. The standard InChI is InChI=1S/C35H41N5O2/c1-21-16-22(2)18-24(17-21)32-31(23(3)20-37-34(42)38-26-12-14-36-15-13-26)29-19-25(6-11-30(29)39-32)35(4,5)33(41)40-27-7-8-28(40)10-9-27/h6,11-19,23,27-28,39H,7-10,20H2,1-5H3,(H2,36,37,38,42). The zero-order valence-corrected chi connectivity index (χ0v) is 25.3. The number of rotatable bonds is 7. The van der Waals surface area contributed by atoms with Crippen LogP contribution in [0.5, 0.6) is 0 Å². The zero-order valence-electron chi connectivity index (χ0n) is 25.3. The molecule has 2 aliphatic heterocycles. The van der Waals surface area contributed by atoms with Gasteiger partial charge in [-0.3, -0.25) is 9.78 Å². The fraction of sp³-hybridized carbons (Fsp3) is 0.400. The minimum Gasteiger partial charge on any atom is -0.354 e. The molecule has 4 heterocycles. The fourth-order valence-electron chi connectivity index (χ4n) is 7.11. The summed E-state index contributed by atoms with van der Waals surface area (Å²) in [5.41, 5.74) is 7.83. The number of aromatic nitrogens is 2. The lowest BCUT2D eigenvalue weighted by molar-refractivity contribution is -0.137. The number of amides is 3. The number of carbonyl (C=O) groups excluding carboxylic acids is 2. The highest BCUT2D eigenvalue weighted by atomic mass is 16.2. The fourth-order valence-corrected chi connectivity index (χ4v) is 7.11. The Morgan fingerprint density at radius 2 is 1.62 bits per heavy atom. The summed E-state index contributed by atoms with van der Waals surface area (Å²) >= 11 is 0. The third-order valence-corrected chi connectivity index (χ3v) is 9.29. The number of aromatic amines is 1. The van der Waals surface area contributed by atoms with Crippen LogP contribution in [0.3, 0.4) is 0 Å². The Morgan fingerprint density at radius 1 is 0.976 bits per heavy atom. The molecule has 2 aromatic heterocycles. The van der Waals surface area contributed by atoms with Crippen molar-refractivity contribution in [1.29, 1.82) is 0 Å². The van der Waals surface area contributed by atoms with E-state index in [-0.39, 0.29) is 17.9 Å². The highest BCUT2D eigenvalue weighted by molar-refractivity contribution is 5.95. The largest absolute Gasteiger partial charge is 0.354 e. The lowest BCUT2D eigenvalue weighted by Crippen LogP contribution is -2.45. The Morgan fingerprint density at radius 3 is 2.26 bits per heavy atom. The average molecular weight is 564 g/mol. The number of anilines is 1. The number of aryl methyl sites for hydroxylation is 2. The maximum absolute atomic E-state index is 14.0. The Bertz CT molecular complexity index is 1600. The van der Waals surface area contributed by atoms with E-state index in [0.717, 1.165) is 59.0 Å². The van der Waals surface area contributed by atoms with Gasteiger partial charge in [0.05, 0.1) is 11.1 Å². The van der Waals surface area contributed by atoms with Gasteiger partial charge in [0.15, 0.2) is 0 Å². The second kappa shape index (κ2) is 10.9. The molecule has 7 heteroatoms. The number of hydrogen-bond acceptors (Lipinski definition) is 3. The molecule has 0 spiro atoms. The summed E-state index contributed by atoms with van der Waals surface area (Å²) in [4.78, 5) is 36.6.